The highest BCUT2D eigenvalue weighted by molar-refractivity contribution is 5.75. The number of rotatable bonds is 0. The second kappa shape index (κ2) is 4.03. The molecule has 2 atom stereocenters. The number of hydroxylamine groups is 2. The van der Waals surface area contributed by atoms with Crippen LogP contribution in [-0.2, 0) is 4.74 Å². The molecule has 1 N–H and O–H groups in total. The number of hydrogen-bond donors (Lipinski definition) is 1. The van der Waals surface area contributed by atoms with Crippen LogP contribution in [0.1, 0.15) is 27.2 Å². The Hall–Kier alpha value is -1.43. The first-order chi connectivity index (χ1) is 8.93. The zero-order valence-corrected chi connectivity index (χ0v) is 11.3. The number of ether oxygens (including phenoxy) is 2. The standard InChI is InChI=1S/C14H18N2O3/c1-10-8-13(2,3)16(17)14(18-10)9-15-11-6-4-5-7-12(11)19-14/h4-7,9-10,17H,8H2,1-3H3/t10?,14-/m0/s1. The minimum Gasteiger partial charge on any atom is -0.440 e. The highest BCUT2D eigenvalue weighted by Crippen LogP contribution is 2.41. The van der Waals surface area contributed by atoms with Gasteiger partial charge in [0.25, 0.3) is 0 Å². The maximum absolute atomic E-state index is 10.4. The van der Waals surface area contributed by atoms with Crippen molar-refractivity contribution < 1.29 is 14.7 Å². The zero-order valence-electron chi connectivity index (χ0n) is 11.3. The average molecular weight is 262 g/mol. The van der Waals surface area contributed by atoms with E-state index in [-0.39, 0.29) is 6.10 Å². The largest absolute Gasteiger partial charge is 0.440 e. The molecule has 1 aromatic carbocycles. The molecule has 2 aliphatic rings. The van der Waals surface area contributed by atoms with Crippen molar-refractivity contribution in [3.05, 3.63) is 24.3 Å². The van der Waals surface area contributed by atoms with Gasteiger partial charge in [-0.2, -0.15) is 0 Å². The molecule has 1 spiro atoms. The Bertz CT molecular complexity index is 529. The average Bonchev–Trinajstić information content (AvgIpc) is 2.35. The normalized spacial score (nSPS) is 32.9. The molecule has 0 aromatic heterocycles. The van der Waals surface area contributed by atoms with Crippen molar-refractivity contribution in [2.45, 2.75) is 44.7 Å². The molecule has 1 saturated heterocycles. The SMILES string of the molecule is CC1CC(C)(C)N(O)[C@@]2(C=Nc3ccccc3O2)O1. The number of aliphatic imine (C=N–C) groups is 1. The summed E-state index contributed by atoms with van der Waals surface area (Å²) >= 11 is 0. The molecule has 0 amide bonds. The van der Waals surface area contributed by atoms with Crippen LogP contribution in [0.4, 0.5) is 5.69 Å². The van der Waals surface area contributed by atoms with Gasteiger partial charge in [0.2, 0.25) is 0 Å². The van der Waals surface area contributed by atoms with Gasteiger partial charge >= 0.3 is 5.91 Å². The molecule has 2 aliphatic heterocycles. The van der Waals surface area contributed by atoms with Crippen LogP contribution in [0, 0.1) is 0 Å². The van der Waals surface area contributed by atoms with Crippen molar-refractivity contribution in [3.63, 3.8) is 0 Å². The van der Waals surface area contributed by atoms with Crippen LogP contribution in [0.2, 0.25) is 0 Å². The fourth-order valence-electron chi connectivity index (χ4n) is 2.73. The molecular formula is C14H18N2O3. The van der Waals surface area contributed by atoms with Gasteiger partial charge in [-0.3, -0.25) is 0 Å². The smallest absolute Gasteiger partial charge is 0.334 e. The van der Waals surface area contributed by atoms with Gasteiger partial charge in [0.05, 0.1) is 17.9 Å². The number of para-hydroxylation sites is 2. The lowest BCUT2D eigenvalue weighted by Crippen LogP contribution is -2.68. The fraction of sp³-hybridized carbons (Fsp3) is 0.500. The Morgan fingerprint density at radius 1 is 1.37 bits per heavy atom. The van der Waals surface area contributed by atoms with Gasteiger partial charge in [-0.1, -0.05) is 12.1 Å². The first-order valence-electron chi connectivity index (χ1n) is 6.43. The second-order valence-corrected chi connectivity index (χ2v) is 5.72. The first kappa shape index (κ1) is 12.6. The van der Waals surface area contributed by atoms with Gasteiger partial charge in [-0.15, -0.1) is 5.06 Å². The maximum Gasteiger partial charge on any atom is 0.334 e. The summed E-state index contributed by atoms with van der Waals surface area (Å²) in [6, 6.07) is 7.43. The van der Waals surface area contributed by atoms with E-state index in [4.69, 9.17) is 9.47 Å². The number of fused-ring (bicyclic) bond motifs is 1. The lowest BCUT2D eigenvalue weighted by Gasteiger charge is -2.51. The lowest BCUT2D eigenvalue weighted by atomic mass is 9.94. The van der Waals surface area contributed by atoms with E-state index in [9.17, 15) is 5.21 Å². The van der Waals surface area contributed by atoms with Crippen molar-refractivity contribution >= 4 is 11.9 Å². The van der Waals surface area contributed by atoms with E-state index < -0.39 is 11.4 Å². The molecule has 1 fully saturated rings. The van der Waals surface area contributed by atoms with Crippen LogP contribution in [0.15, 0.2) is 29.3 Å². The van der Waals surface area contributed by atoms with Gasteiger partial charge < -0.3 is 14.7 Å². The fourth-order valence-corrected chi connectivity index (χ4v) is 2.73. The molecule has 2 heterocycles. The molecule has 102 valence electrons. The highest BCUT2D eigenvalue weighted by atomic mass is 16.8. The Labute approximate surface area is 112 Å². The lowest BCUT2D eigenvalue weighted by molar-refractivity contribution is -0.395. The van der Waals surface area contributed by atoms with E-state index >= 15 is 0 Å². The third-order valence-electron chi connectivity index (χ3n) is 3.51. The topological polar surface area (TPSA) is 54.3 Å². The summed E-state index contributed by atoms with van der Waals surface area (Å²) in [5.41, 5.74) is 0.289. The Morgan fingerprint density at radius 3 is 2.89 bits per heavy atom. The van der Waals surface area contributed by atoms with Crippen LogP contribution in [-0.4, -0.2) is 34.0 Å². The van der Waals surface area contributed by atoms with E-state index in [1.165, 1.54) is 6.21 Å². The van der Waals surface area contributed by atoms with Crippen LogP contribution in [0.25, 0.3) is 0 Å². The zero-order chi connectivity index (χ0) is 13.7. The van der Waals surface area contributed by atoms with Crippen LogP contribution in [0.5, 0.6) is 5.75 Å². The van der Waals surface area contributed by atoms with Crippen LogP contribution < -0.4 is 4.74 Å². The van der Waals surface area contributed by atoms with Crippen LogP contribution in [0.3, 0.4) is 0 Å². The minimum absolute atomic E-state index is 0.0323. The number of hydrogen-bond acceptors (Lipinski definition) is 5. The van der Waals surface area contributed by atoms with Gasteiger partial charge in [0.15, 0.2) is 5.75 Å². The molecule has 3 rings (SSSR count). The van der Waals surface area contributed by atoms with E-state index in [1.807, 2.05) is 45.0 Å². The van der Waals surface area contributed by atoms with Crippen molar-refractivity contribution in [1.82, 2.24) is 5.06 Å². The van der Waals surface area contributed by atoms with Crippen molar-refractivity contribution in [2.24, 2.45) is 4.99 Å². The van der Waals surface area contributed by atoms with Crippen molar-refractivity contribution in [2.75, 3.05) is 0 Å². The van der Waals surface area contributed by atoms with Crippen molar-refractivity contribution in [3.8, 4) is 5.75 Å². The Kier molecular flexibility index (Phi) is 2.67. The molecular weight excluding hydrogens is 244 g/mol. The minimum atomic E-state index is -1.34. The molecule has 1 aromatic rings. The molecule has 1 unspecified atom stereocenters. The molecule has 5 nitrogen and oxygen atoms in total. The summed E-state index contributed by atoms with van der Waals surface area (Å²) in [4.78, 5) is 4.34. The number of nitrogens with zero attached hydrogens (tertiary/aromatic N) is 2. The summed E-state index contributed by atoms with van der Waals surface area (Å²) in [6.07, 6.45) is 2.20. The molecule has 19 heavy (non-hydrogen) atoms. The molecule has 0 radical (unpaired) electrons. The monoisotopic (exact) mass is 262 g/mol. The summed E-state index contributed by atoms with van der Waals surface area (Å²) in [5.74, 6) is -0.732. The van der Waals surface area contributed by atoms with Gasteiger partial charge in [0.1, 0.15) is 5.69 Å². The van der Waals surface area contributed by atoms with E-state index in [0.29, 0.717) is 12.2 Å². The van der Waals surface area contributed by atoms with Gasteiger partial charge in [-0.25, -0.2) is 4.99 Å². The summed E-state index contributed by atoms with van der Waals surface area (Å²) in [6.45, 7) is 5.87. The quantitative estimate of drug-likeness (QED) is 0.781. The molecule has 0 bridgehead atoms. The highest BCUT2D eigenvalue weighted by Gasteiger charge is 2.53. The summed E-state index contributed by atoms with van der Waals surface area (Å²) < 4.78 is 11.7. The summed E-state index contributed by atoms with van der Waals surface area (Å²) in [7, 11) is 0. The van der Waals surface area contributed by atoms with E-state index in [2.05, 4.69) is 4.99 Å². The summed E-state index contributed by atoms with van der Waals surface area (Å²) in [5, 5.41) is 11.6. The first-order valence-corrected chi connectivity index (χ1v) is 6.43. The second-order valence-electron chi connectivity index (χ2n) is 5.72. The van der Waals surface area contributed by atoms with Gasteiger partial charge in [-0.05, 0) is 39.3 Å². The third-order valence-corrected chi connectivity index (χ3v) is 3.51. The number of benzene rings is 1. The van der Waals surface area contributed by atoms with Crippen molar-refractivity contribution in [1.29, 1.82) is 0 Å². The van der Waals surface area contributed by atoms with Gasteiger partial charge in [0, 0.05) is 0 Å². The third kappa shape index (κ3) is 1.94. The molecule has 5 heteroatoms. The van der Waals surface area contributed by atoms with E-state index in [0.717, 1.165) is 10.8 Å². The maximum atomic E-state index is 10.4. The predicted octanol–water partition coefficient (Wildman–Crippen LogP) is 2.71. The Balaban J connectivity index is 2.01. The Morgan fingerprint density at radius 2 is 2.11 bits per heavy atom. The van der Waals surface area contributed by atoms with E-state index in [1.54, 1.807) is 0 Å². The van der Waals surface area contributed by atoms with Crippen LogP contribution >= 0.6 is 0 Å². The molecule has 0 saturated carbocycles. The molecule has 0 aliphatic carbocycles. The predicted molar refractivity (Wildman–Crippen MR) is 70.8 cm³/mol.